The van der Waals surface area contributed by atoms with Gasteiger partial charge >= 0.3 is 5.69 Å². The Morgan fingerprint density at radius 1 is 1.56 bits per heavy atom. The molecule has 0 atom stereocenters. The molecule has 0 saturated heterocycles. The summed E-state index contributed by atoms with van der Waals surface area (Å²) < 4.78 is 0.628. The van der Waals surface area contributed by atoms with E-state index in [0.717, 1.165) is 12.5 Å². The molecular formula is C12H14BrN3O2. The van der Waals surface area contributed by atoms with Crippen molar-refractivity contribution >= 4 is 27.4 Å². The van der Waals surface area contributed by atoms with Crippen LogP contribution in [0.3, 0.4) is 0 Å². The molecule has 0 spiro atoms. The van der Waals surface area contributed by atoms with Crippen LogP contribution < -0.4 is 5.32 Å². The normalized spacial score (nSPS) is 20.5. The Labute approximate surface area is 113 Å². The van der Waals surface area contributed by atoms with Crippen molar-refractivity contribution in [1.29, 1.82) is 0 Å². The van der Waals surface area contributed by atoms with Crippen molar-refractivity contribution in [3.05, 3.63) is 26.9 Å². The number of nitrogens with one attached hydrogen (secondary N) is 1. The highest BCUT2D eigenvalue weighted by atomic mass is 79.9. The maximum Gasteiger partial charge on any atom is 0.312 e. The molecule has 5 nitrogen and oxygen atoms in total. The van der Waals surface area contributed by atoms with Gasteiger partial charge in [-0.15, -0.1) is 0 Å². The number of nitro groups is 1. The molecule has 0 aromatic carbocycles. The second-order valence-electron chi connectivity index (χ2n) is 5.27. The first kappa shape index (κ1) is 11.9. The summed E-state index contributed by atoms with van der Waals surface area (Å²) in [5, 5.41) is 14.1. The third kappa shape index (κ3) is 2.21. The lowest BCUT2D eigenvalue weighted by molar-refractivity contribution is -0.384. The monoisotopic (exact) mass is 311 g/mol. The van der Waals surface area contributed by atoms with Crippen LogP contribution in [0.5, 0.6) is 0 Å². The Hall–Kier alpha value is -1.17. The summed E-state index contributed by atoms with van der Waals surface area (Å²) in [5.41, 5.74) is 0.443. The fourth-order valence-corrected chi connectivity index (χ4v) is 2.87. The van der Waals surface area contributed by atoms with Crippen molar-refractivity contribution in [2.75, 3.05) is 11.9 Å². The number of pyridine rings is 1. The Kier molecular flexibility index (Phi) is 2.77. The quantitative estimate of drug-likeness (QED) is 0.669. The van der Waals surface area contributed by atoms with Crippen molar-refractivity contribution in [1.82, 2.24) is 4.98 Å². The van der Waals surface area contributed by atoms with E-state index < -0.39 is 4.92 Å². The molecule has 1 aromatic rings. The molecule has 0 bridgehead atoms. The molecule has 0 unspecified atom stereocenters. The number of halogens is 1. The molecule has 1 aromatic heterocycles. The lowest BCUT2D eigenvalue weighted by atomic mass is 10.0. The molecule has 2 aliphatic carbocycles. The number of nitrogens with zero attached hydrogens (tertiary/aromatic N) is 2. The number of aromatic nitrogens is 1. The van der Waals surface area contributed by atoms with E-state index in [1.807, 2.05) is 0 Å². The van der Waals surface area contributed by atoms with Gasteiger partial charge in [-0.1, -0.05) is 0 Å². The molecule has 6 heteroatoms. The summed E-state index contributed by atoms with van der Waals surface area (Å²) in [4.78, 5) is 14.7. The fourth-order valence-electron chi connectivity index (χ4n) is 2.55. The fraction of sp³-hybridized carbons (Fsp3) is 0.583. The van der Waals surface area contributed by atoms with Gasteiger partial charge in [-0.3, -0.25) is 10.1 Å². The van der Waals surface area contributed by atoms with Crippen molar-refractivity contribution in [3.8, 4) is 0 Å². The molecule has 0 aliphatic heterocycles. The average Bonchev–Trinajstić information content (AvgIpc) is 3.19. The number of anilines is 1. The summed E-state index contributed by atoms with van der Waals surface area (Å²) in [6.45, 7) is 0.813. The van der Waals surface area contributed by atoms with Gasteiger partial charge in [0.1, 0.15) is 0 Å². The van der Waals surface area contributed by atoms with E-state index in [-0.39, 0.29) is 5.69 Å². The Morgan fingerprint density at radius 3 is 2.83 bits per heavy atom. The van der Waals surface area contributed by atoms with Crippen LogP contribution in [0.4, 0.5) is 11.5 Å². The predicted molar refractivity (Wildman–Crippen MR) is 71.5 cm³/mol. The van der Waals surface area contributed by atoms with E-state index in [1.54, 1.807) is 6.20 Å². The maximum absolute atomic E-state index is 11.0. The van der Waals surface area contributed by atoms with Gasteiger partial charge in [0.2, 0.25) is 5.82 Å². The first-order chi connectivity index (χ1) is 8.61. The van der Waals surface area contributed by atoms with Crippen molar-refractivity contribution in [2.24, 2.45) is 11.3 Å². The van der Waals surface area contributed by atoms with Crippen LogP contribution in [0.2, 0.25) is 0 Å². The van der Waals surface area contributed by atoms with E-state index in [1.165, 1.54) is 31.7 Å². The third-order valence-electron chi connectivity index (χ3n) is 3.97. The number of hydrogen-bond acceptors (Lipinski definition) is 4. The first-order valence-corrected chi connectivity index (χ1v) is 6.94. The number of hydrogen-bond donors (Lipinski definition) is 1. The third-order valence-corrected chi connectivity index (χ3v) is 4.41. The van der Waals surface area contributed by atoms with Gasteiger partial charge in [0.05, 0.1) is 4.92 Å². The summed E-state index contributed by atoms with van der Waals surface area (Å²) in [7, 11) is 0. The van der Waals surface area contributed by atoms with Crippen LogP contribution in [-0.4, -0.2) is 16.5 Å². The zero-order valence-corrected chi connectivity index (χ0v) is 11.4. The van der Waals surface area contributed by atoms with E-state index in [9.17, 15) is 10.1 Å². The average molecular weight is 312 g/mol. The lowest BCUT2D eigenvalue weighted by Crippen LogP contribution is -2.18. The van der Waals surface area contributed by atoms with E-state index in [0.29, 0.717) is 15.7 Å². The molecule has 2 saturated carbocycles. The van der Waals surface area contributed by atoms with Crippen molar-refractivity contribution in [3.63, 3.8) is 0 Å². The van der Waals surface area contributed by atoms with Crippen molar-refractivity contribution in [2.45, 2.75) is 25.7 Å². The van der Waals surface area contributed by atoms with Crippen LogP contribution in [0.15, 0.2) is 16.7 Å². The highest BCUT2D eigenvalue weighted by Crippen LogP contribution is 2.61. The van der Waals surface area contributed by atoms with Gasteiger partial charge < -0.3 is 5.32 Å². The largest absolute Gasteiger partial charge is 0.364 e. The Balaban J connectivity index is 1.74. The predicted octanol–water partition coefficient (Wildman–Crippen LogP) is 3.35. The van der Waals surface area contributed by atoms with Gasteiger partial charge in [-0.05, 0) is 52.9 Å². The molecular weight excluding hydrogens is 298 g/mol. The summed E-state index contributed by atoms with van der Waals surface area (Å²) >= 11 is 3.21. The van der Waals surface area contributed by atoms with Gasteiger partial charge in [0, 0.05) is 23.3 Å². The first-order valence-electron chi connectivity index (χ1n) is 6.14. The minimum Gasteiger partial charge on any atom is -0.364 e. The van der Waals surface area contributed by atoms with Crippen molar-refractivity contribution < 1.29 is 4.92 Å². The Morgan fingerprint density at radius 2 is 2.28 bits per heavy atom. The summed E-state index contributed by atoms with van der Waals surface area (Å²) in [6, 6.07) is 1.49. The zero-order chi connectivity index (χ0) is 12.8. The van der Waals surface area contributed by atoms with E-state index >= 15 is 0 Å². The topological polar surface area (TPSA) is 68.1 Å². The van der Waals surface area contributed by atoms with Crippen LogP contribution in [0, 0.1) is 21.4 Å². The molecule has 0 radical (unpaired) electrons. The molecule has 1 heterocycles. The SMILES string of the molecule is O=[N+]([O-])c1cc(Br)cnc1NCC1(C2CC2)CC1. The number of rotatable bonds is 5. The van der Waals surface area contributed by atoms with E-state index in [2.05, 4.69) is 26.2 Å². The molecule has 0 amide bonds. The van der Waals surface area contributed by atoms with Gasteiger partial charge in [-0.2, -0.15) is 0 Å². The molecule has 1 N–H and O–H groups in total. The van der Waals surface area contributed by atoms with Gasteiger partial charge in [0.15, 0.2) is 0 Å². The van der Waals surface area contributed by atoms with Gasteiger partial charge in [-0.25, -0.2) is 4.98 Å². The molecule has 3 rings (SSSR count). The second-order valence-corrected chi connectivity index (χ2v) is 6.18. The minimum absolute atomic E-state index is 0.0379. The smallest absolute Gasteiger partial charge is 0.312 e. The molecule has 2 aliphatic rings. The highest BCUT2D eigenvalue weighted by molar-refractivity contribution is 9.10. The highest BCUT2D eigenvalue weighted by Gasteiger charge is 2.53. The van der Waals surface area contributed by atoms with Gasteiger partial charge in [0.25, 0.3) is 0 Å². The summed E-state index contributed by atoms with van der Waals surface area (Å²) in [6.07, 6.45) is 6.71. The van der Waals surface area contributed by atoms with Crippen LogP contribution in [-0.2, 0) is 0 Å². The van der Waals surface area contributed by atoms with Crippen LogP contribution >= 0.6 is 15.9 Å². The minimum atomic E-state index is -0.392. The molecule has 18 heavy (non-hydrogen) atoms. The maximum atomic E-state index is 11.0. The second kappa shape index (κ2) is 4.19. The lowest BCUT2D eigenvalue weighted by Gasteiger charge is -2.15. The van der Waals surface area contributed by atoms with Crippen LogP contribution in [0.25, 0.3) is 0 Å². The standard InChI is InChI=1S/C12H14BrN3O2/c13-9-5-10(16(17)18)11(14-6-9)15-7-12(3-4-12)8-1-2-8/h5-6,8H,1-4,7H2,(H,14,15). The zero-order valence-electron chi connectivity index (χ0n) is 9.86. The Bertz CT molecular complexity index is 498. The summed E-state index contributed by atoms with van der Waals surface area (Å²) in [5.74, 6) is 1.22. The van der Waals surface area contributed by atoms with Crippen LogP contribution in [0.1, 0.15) is 25.7 Å². The molecule has 96 valence electrons. The van der Waals surface area contributed by atoms with E-state index in [4.69, 9.17) is 0 Å². The molecule has 2 fully saturated rings.